The van der Waals surface area contributed by atoms with E-state index in [0.29, 0.717) is 5.92 Å². The summed E-state index contributed by atoms with van der Waals surface area (Å²) in [6.07, 6.45) is 2.36. The van der Waals surface area contributed by atoms with Gasteiger partial charge in [-0.2, -0.15) is 0 Å². The van der Waals surface area contributed by atoms with Gasteiger partial charge in [-0.25, -0.2) is 8.78 Å². The van der Waals surface area contributed by atoms with Gasteiger partial charge in [-0.1, -0.05) is 20.3 Å². The molecule has 0 radical (unpaired) electrons. The van der Waals surface area contributed by atoms with E-state index in [1.165, 1.54) is 12.8 Å². The molecule has 1 rings (SSSR count). The first kappa shape index (κ1) is 14.8. The van der Waals surface area contributed by atoms with E-state index < -0.39 is 6.43 Å². The maximum absolute atomic E-state index is 12.2. The molecule has 0 aromatic carbocycles. The molecular weight excluding hydrogens is 222 g/mol. The van der Waals surface area contributed by atoms with Gasteiger partial charge in [0.1, 0.15) is 0 Å². The summed E-state index contributed by atoms with van der Waals surface area (Å²) in [4.78, 5) is 2.42. The molecule has 1 heterocycles. The third kappa shape index (κ3) is 5.77. The monoisotopic (exact) mass is 248 g/mol. The third-order valence-corrected chi connectivity index (χ3v) is 3.41. The molecule has 1 saturated heterocycles. The Kier molecular flexibility index (Phi) is 6.97. The minimum absolute atomic E-state index is 0.163. The molecule has 0 amide bonds. The lowest BCUT2D eigenvalue weighted by atomic mass is 9.90. The van der Waals surface area contributed by atoms with Gasteiger partial charge in [0.25, 0.3) is 6.43 Å². The molecule has 2 unspecified atom stereocenters. The van der Waals surface area contributed by atoms with Crippen molar-refractivity contribution in [3.05, 3.63) is 0 Å². The van der Waals surface area contributed by atoms with Crippen LogP contribution in [0.2, 0.25) is 0 Å². The molecule has 1 fully saturated rings. The summed E-state index contributed by atoms with van der Waals surface area (Å²) in [6, 6.07) is 0.251. The summed E-state index contributed by atoms with van der Waals surface area (Å²) < 4.78 is 24.4. The zero-order chi connectivity index (χ0) is 12.7. The fourth-order valence-electron chi connectivity index (χ4n) is 2.82. The van der Waals surface area contributed by atoms with Crippen molar-refractivity contribution < 1.29 is 8.78 Å². The highest BCUT2D eigenvalue weighted by Gasteiger charge is 2.26. The zero-order valence-electron chi connectivity index (χ0n) is 11.1. The molecule has 1 aliphatic heterocycles. The minimum Gasteiger partial charge on any atom is -0.307 e. The van der Waals surface area contributed by atoms with Gasteiger partial charge in [0.15, 0.2) is 0 Å². The molecule has 0 bridgehead atoms. The summed E-state index contributed by atoms with van der Waals surface area (Å²) >= 11 is 0. The molecule has 0 saturated carbocycles. The number of halogens is 2. The van der Waals surface area contributed by atoms with Crippen LogP contribution in [-0.2, 0) is 0 Å². The zero-order valence-corrected chi connectivity index (χ0v) is 11.1. The van der Waals surface area contributed by atoms with Gasteiger partial charge in [0.2, 0.25) is 0 Å². The van der Waals surface area contributed by atoms with E-state index in [-0.39, 0.29) is 12.6 Å². The lowest BCUT2D eigenvalue weighted by Gasteiger charge is -2.38. The Labute approximate surface area is 104 Å². The molecule has 0 spiro atoms. The van der Waals surface area contributed by atoms with E-state index in [2.05, 4.69) is 24.1 Å². The standard InChI is InChI=1S/C13H26F2N2/c1-3-5-11-7-12(16-8-13(14)15)10-17(9-11)6-4-2/h11-13,16H,3-10H2,1-2H3. The normalized spacial score (nSPS) is 26.6. The first-order chi connectivity index (χ1) is 8.15. The van der Waals surface area contributed by atoms with Gasteiger partial charge in [-0.15, -0.1) is 0 Å². The number of nitrogens with zero attached hydrogens (tertiary/aromatic N) is 1. The number of hydrogen-bond acceptors (Lipinski definition) is 2. The SMILES string of the molecule is CCCC1CC(NCC(F)F)CN(CCC)C1. The number of piperidine rings is 1. The van der Waals surface area contributed by atoms with E-state index in [1.54, 1.807) is 0 Å². The van der Waals surface area contributed by atoms with Crippen molar-refractivity contribution in [2.75, 3.05) is 26.2 Å². The molecule has 2 atom stereocenters. The number of alkyl halides is 2. The van der Waals surface area contributed by atoms with Crippen molar-refractivity contribution in [1.29, 1.82) is 0 Å². The maximum atomic E-state index is 12.2. The molecule has 1 aliphatic rings. The fraction of sp³-hybridized carbons (Fsp3) is 1.00. The molecule has 0 aromatic rings. The predicted molar refractivity (Wildman–Crippen MR) is 67.5 cm³/mol. The highest BCUT2D eigenvalue weighted by molar-refractivity contribution is 4.83. The second kappa shape index (κ2) is 7.98. The lowest BCUT2D eigenvalue weighted by molar-refractivity contribution is 0.106. The van der Waals surface area contributed by atoms with Crippen molar-refractivity contribution >= 4 is 0 Å². The molecule has 2 nitrogen and oxygen atoms in total. The molecule has 102 valence electrons. The van der Waals surface area contributed by atoms with Crippen LogP contribution in [0.25, 0.3) is 0 Å². The van der Waals surface area contributed by atoms with Gasteiger partial charge in [0.05, 0.1) is 6.54 Å². The minimum atomic E-state index is -2.24. The van der Waals surface area contributed by atoms with Crippen LogP contribution in [0.15, 0.2) is 0 Å². The average molecular weight is 248 g/mol. The molecule has 0 aromatic heterocycles. The quantitative estimate of drug-likeness (QED) is 0.745. The third-order valence-electron chi connectivity index (χ3n) is 3.41. The number of nitrogens with one attached hydrogen (secondary N) is 1. The van der Waals surface area contributed by atoms with Gasteiger partial charge in [0, 0.05) is 19.1 Å². The van der Waals surface area contributed by atoms with Crippen LogP contribution in [0, 0.1) is 5.92 Å². The topological polar surface area (TPSA) is 15.3 Å². The highest BCUT2D eigenvalue weighted by atomic mass is 19.3. The smallest absolute Gasteiger partial charge is 0.250 e. The molecule has 0 aliphatic carbocycles. The Morgan fingerprint density at radius 1 is 1.24 bits per heavy atom. The van der Waals surface area contributed by atoms with E-state index in [0.717, 1.165) is 32.5 Å². The maximum Gasteiger partial charge on any atom is 0.250 e. The second-order valence-electron chi connectivity index (χ2n) is 5.15. The Morgan fingerprint density at radius 2 is 2.00 bits per heavy atom. The van der Waals surface area contributed by atoms with Crippen LogP contribution in [0.3, 0.4) is 0 Å². The van der Waals surface area contributed by atoms with Crippen LogP contribution in [0.4, 0.5) is 8.78 Å². The Balaban J connectivity index is 2.40. The largest absolute Gasteiger partial charge is 0.307 e. The first-order valence-corrected chi connectivity index (χ1v) is 6.89. The van der Waals surface area contributed by atoms with Gasteiger partial charge < -0.3 is 10.2 Å². The van der Waals surface area contributed by atoms with Crippen LogP contribution in [-0.4, -0.2) is 43.5 Å². The van der Waals surface area contributed by atoms with Gasteiger partial charge in [-0.3, -0.25) is 0 Å². The Morgan fingerprint density at radius 3 is 2.59 bits per heavy atom. The number of hydrogen-bond donors (Lipinski definition) is 1. The summed E-state index contributed by atoms with van der Waals surface area (Å²) in [6.45, 7) is 7.37. The van der Waals surface area contributed by atoms with E-state index in [9.17, 15) is 8.78 Å². The van der Waals surface area contributed by atoms with Crippen LogP contribution < -0.4 is 5.32 Å². The number of likely N-dealkylation sites (tertiary alicyclic amines) is 1. The average Bonchev–Trinajstić information content (AvgIpc) is 2.27. The van der Waals surface area contributed by atoms with Gasteiger partial charge in [-0.05, 0) is 31.7 Å². The van der Waals surface area contributed by atoms with Crippen molar-refractivity contribution in [2.24, 2.45) is 5.92 Å². The van der Waals surface area contributed by atoms with Crippen molar-refractivity contribution in [2.45, 2.75) is 52.0 Å². The summed E-state index contributed by atoms with van der Waals surface area (Å²) in [5.74, 6) is 0.676. The van der Waals surface area contributed by atoms with E-state index in [4.69, 9.17) is 0 Å². The van der Waals surface area contributed by atoms with Crippen molar-refractivity contribution in [1.82, 2.24) is 10.2 Å². The first-order valence-electron chi connectivity index (χ1n) is 6.89. The molecule has 4 heteroatoms. The second-order valence-corrected chi connectivity index (χ2v) is 5.15. The lowest BCUT2D eigenvalue weighted by Crippen LogP contribution is -2.50. The van der Waals surface area contributed by atoms with Crippen molar-refractivity contribution in [3.63, 3.8) is 0 Å². The van der Waals surface area contributed by atoms with E-state index in [1.807, 2.05) is 0 Å². The van der Waals surface area contributed by atoms with Crippen LogP contribution in [0.1, 0.15) is 39.5 Å². The molecule has 17 heavy (non-hydrogen) atoms. The molecular formula is C13H26F2N2. The summed E-state index contributed by atoms with van der Waals surface area (Å²) in [5, 5.41) is 3.01. The molecule has 1 N–H and O–H groups in total. The van der Waals surface area contributed by atoms with Gasteiger partial charge >= 0.3 is 0 Å². The van der Waals surface area contributed by atoms with Crippen LogP contribution >= 0.6 is 0 Å². The van der Waals surface area contributed by atoms with E-state index >= 15 is 0 Å². The van der Waals surface area contributed by atoms with Crippen molar-refractivity contribution in [3.8, 4) is 0 Å². The Bertz CT molecular complexity index is 186. The summed E-state index contributed by atoms with van der Waals surface area (Å²) in [7, 11) is 0. The predicted octanol–water partition coefficient (Wildman–Crippen LogP) is 2.74. The highest BCUT2D eigenvalue weighted by Crippen LogP contribution is 2.21. The Hall–Kier alpha value is -0.220. The summed E-state index contributed by atoms with van der Waals surface area (Å²) in [5.41, 5.74) is 0. The van der Waals surface area contributed by atoms with Crippen LogP contribution in [0.5, 0.6) is 0 Å². The number of rotatable bonds is 7. The fourth-order valence-corrected chi connectivity index (χ4v) is 2.82.